The van der Waals surface area contributed by atoms with Gasteiger partial charge in [0.25, 0.3) is 0 Å². The minimum atomic E-state index is 1.15. The standard InChI is InChI=1S/C56H36N2/c1-2-12-37(13-3-1)39-15-10-17-45(33-39)57-53-22-8-6-20-49(53)51-35-42(27-30-55(51)57)43-28-31-56-52(36-43)50-21-7-9-23-54(50)58(56)46-18-11-16-40(34-46)41-26-29-48-44(32-41)25-24-38-14-4-5-19-47(38)48/h1-36H. The maximum absolute atomic E-state index is 2.42. The van der Waals surface area contributed by atoms with E-state index in [2.05, 4.69) is 228 Å². The molecule has 10 aromatic carbocycles. The van der Waals surface area contributed by atoms with Gasteiger partial charge in [-0.05, 0) is 122 Å². The Morgan fingerprint density at radius 1 is 0.207 bits per heavy atom. The van der Waals surface area contributed by atoms with E-state index in [1.165, 1.54) is 98.5 Å². The number of nitrogens with zero attached hydrogens (tertiary/aromatic N) is 2. The van der Waals surface area contributed by atoms with Crippen LogP contribution in [0.25, 0.3) is 110 Å². The van der Waals surface area contributed by atoms with Crippen LogP contribution in [0.2, 0.25) is 0 Å². The van der Waals surface area contributed by atoms with Gasteiger partial charge in [-0.1, -0.05) is 152 Å². The van der Waals surface area contributed by atoms with Crippen molar-refractivity contribution in [3.8, 4) is 44.8 Å². The highest BCUT2D eigenvalue weighted by Crippen LogP contribution is 2.39. The number of fused-ring (bicyclic) bond motifs is 9. The summed E-state index contributed by atoms with van der Waals surface area (Å²) in [6.45, 7) is 0. The topological polar surface area (TPSA) is 9.86 Å². The van der Waals surface area contributed by atoms with Gasteiger partial charge in [-0.25, -0.2) is 0 Å². The zero-order valence-electron chi connectivity index (χ0n) is 31.7. The molecular weight excluding hydrogens is 701 g/mol. The molecule has 2 aromatic heterocycles. The minimum Gasteiger partial charge on any atom is -0.309 e. The van der Waals surface area contributed by atoms with Crippen LogP contribution in [0, 0.1) is 0 Å². The normalized spacial score (nSPS) is 11.8. The largest absolute Gasteiger partial charge is 0.309 e. The number of benzene rings is 10. The second kappa shape index (κ2) is 12.9. The molecule has 0 N–H and O–H groups in total. The lowest BCUT2D eigenvalue weighted by Gasteiger charge is -2.12. The number of hydrogen-bond acceptors (Lipinski definition) is 0. The van der Waals surface area contributed by atoms with E-state index in [4.69, 9.17) is 0 Å². The predicted octanol–water partition coefficient (Wildman–Crippen LogP) is 15.2. The SMILES string of the molecule is c1ccc(-c2cccc(-n3c4ccccc4c4cc(-c5ccc6c(c5)c5ccccc5n6-c5cccc(-c6ccc7c(ccc8ccccc87)c6)c5)ccc43)c2)cc1. The molecule has 2 heteroatoms. The Morgan fingerprint density at radius 3 is 1.28 bits per heavy atom. The first-order chi connectivity index (χ1) is 28.7. The summed E-state index contributed by atoms with van der Waals surface area (Å²) in [5.74, 6) is 0. The molecular formula is C56H36N2. The fourth-order valence-electron chi connectivity index (χ4n) is 9.33. The molecule has 0 amide bonds. The van der Waals surface area contributed by atoms with Crippen molar-refractivity contribution >= 4 is 65.2 Å². The van der Waals surface area contributed by atoms with E-state index in [0.717, 1.165) is 11.4 Å². The number of hydrogen-bond donors (Lipinski definition) is 0. The van der Waals surface area contributed by atoms with E-state index in [9.17, 15) is 0 Å². The summed E-state index contributed by atoms with van der Waals surface area (Å²) in [6, 6.07) is 80.0. The van der Waals surface area contributed by atoms with Crippen LogP contribution in [0.1, 0.15) is 0 Å². The van der Waals surface area contributed by atoms with Crippen LogP contribution in [-0.4, -0.2) is 9.13 Å². The zero-order valence-corrected chi connectivity index (χ0v) is 31.7. The average molecular weight is 737 g/mol. The Hall–Kier alpha value is -7.68. The first-order valence-electron chi connectivity index (χ1n) is 20.0. The van der Waals surface area contributed by atoms with Crippen LogP contribution in [0.15, 0.2) is 218 Å². The smallest absolute Gasteiger partial charge is 0.0541 e. The number of aromatic nitrogens is 2. The molecule has 0 radical (unpaired) electrons. The molecule has 0 aliphatic rings. The van der Waals surface area contributed by atoms with Crippen molar-refractivity contribution in [3.05, 3.63) is 218 Å². The van der Waals surface area contributed by atoms with Crippen LogP contribution in [0.4, 0.5) is 0 Å². The van der Waals surface area contributed by atoms with Crippen molar-refractivity contribution in [1.29, 1.82) is 0 Å². The molecule has 58 heavy (non-hydrogen) atoms. The van der Waals surface area contributed by atoms with Crippen molar-refractivity contribution in [2.75, 3.05) is 0 Å². The molecule has 0 saturated heterocycles. The molecule has 0 atom stereocenters. The van der Waals surface area contributed by atoms with E-state index in [0.29, 0.717) is 0 Å². The second-order valence-corrected chi connectivity index (χ2v) is 15.4. The first kappa shape index (κ1) is 32.6. The summed E-state index contributed by atoms with van der Waals surface area (Å²) in [6.07, 6.45) is 0. The van der Waals surface area contributed by atoms with E-state index in [1.807, 2.05) is 0 Å². The zero-order chi connectivity index (χ0) is 38.2. The molecule has 0 unspecified atom stereocenters. The summed E-state index contributed by atoms with van der Waals surface area (Å²) in [7, 11) is 0. The summed E-state index contributed by atoms with van der Waals surface area (Å²) < 4.78 is 4.83. The third-order valence-corrected chi connectivity index (χ3v) is 12.1. The van der Waals surface area contributed by atoms with Gasteiger partial charge in [0.2, 0.25) is 0 Å². The van der Waals surface area contributed by atoms with Crippen LogP contribution in [0.5, 0.6) is 0 Å². The Labute approximate surface area is 336 Å². The van der Waals surface area contributed by atoms with Gasteiger partial charge in [0.05, 0.1) is 22.1 Å². The van der Waals surface area contributed by atoms with Gasteiger partial charge in [-0.15, -0.1) is 0 Å². The fraction of sp³-hybridized carbons (Fsp3) is 0. The number of rotatable bonds is 5. The van der Waals surface area contributed by atoms with E-state index >= 15 is 0 Å². The highest BCUT2D eigenvalue weighted by Gasteiger charge is 2.17. The molecule has 0 fully saturated rings. The summed E-state index contributed by atoms with van der Waals surface area (Å²) >= 11 is 0. The molecule has 0 aliphatic heterocycles. The molecule has 12 rings (SSSR count). The van der Waals surface area contributed by atoms with Crippen molar-refractivity contribution < 1.29 is 0 Å². The quantitative estimate of drug-likeness (QED) is 0.156. The summed E-state index contributed by atoms with van der Waals surface area (Å²) in [5.41, 5.74) is 14.4. The second-order valence-electron chi connectivity index (χ2n) is 15.4. The van der Waals surface area contributed by atoms with E-state index < -0.39 is 0 Å². The van der Waals surface area contributed by atoms with Gasteiger partial charge in [0.1, 0.15) is 0 Å². The Balaban J connectivity index is 0.967. The van der Waals surface area contributed by atoms with Gasteiger partial charge in [0, 0.05) is 32.9 Å². The van der Waals surface area contributed by atoms with Crippen molar-refractivity contribution in [2.24, 2.45) is 0 Å². The van der Waals surface area contributed by atoms with Gasteiger partial charge >= 0.3 is 0 Å². The highest BCUT2D eigenvalue weighted by molar-refractivity contribution is 6.13. The monoisotopic (exact) mass is 736 g/mol. The summed E-state index contributed by atoms with van der Waals surface area (Å²) in [5, 5.41) is 10.1. The van der Waals surface area contributed by atoms with Crippen LogP contribution >= 0.6 is 0 Å². The third kappa shape index (κ3) is 5.12. The van der Waals surface area contributed by atoms with E-state index in [1.54, 1.807) is 0 Å². The average Bonchev–Trinajstić information content (AvgIpc) is 3.81. The van der Waals surface area contributed by atoms with Gasteiger partial charge in [0.15, 0.2) is 0 Å². The predicted molar refractivity (Wildman–Crippen MR) is 246 cm³/mol. The molecule has 0 saturated carbocycles. The minimum absolute atomic E-state index is 1.15. The van der Waals surface area contributed by atoms with Gasteiger partial charge in [-0.3, -0.25) is 0 Å². The molecule has 0 spiro atoms. The molecule has 2 heterocycles. The lowest BCUT2D eigenvalue weighted by atomic mass is 9.97. The first-order valence-corrected chi connectivity index (χ1v) is 20.0. The van der Waals surface area contributed by atoms with Crippen LogP contribution < -0.4 is 0 Å². The molecule has 270 valence electrons. The Bertz CT molecular complexity index is 3570. The van der Waals surface area contributed by atoms with Crippen LogP contribution in [-0.2, 0) is 0 Å². The van der Waals surface area contributed by atoms with Gasteiger partial charge < -0.3 is 9.13 Å². The molecule has 2 nitrogen and oxygen atoms in total. The summed E-state index contributed by atoms with van der Waals surface area (Å²) in [4.78, 5) is 0. The molecule has 12 aromatic rings. The van der Waals surface area contributed by atoms with Crippen LogP contribution in [0.3, 0.4) is 0 Å². The molecule has 0 bridgehead atoms. The molecule has 0 aliphatic carbocycles. The maximum atomic E-state index is 2.42. The van der Waals surface area contributed by atoms with Crippen molar-refractivity contribution in [1.82, 2.24) is 9.13 Å². The van der Waals surface area contributed by atoms with Crippen molar-refractivity contribution in [2.45, 2.75) is 0 Å². The third-order valence-electron chi connectivity index (χ3n) is 12.1. The van der Waals surface area contributed by atoms with Crippen molar-refractivity contribution in [3.63, 3.8) is 0 Å². The lowest BCUT2D eigenvalue weighted by molar-refractivity contribution is 1.18. The maximum Gasteiger partial charge on any atom is 0.0541 e. The highest BCUT2D eigenvalue weighted by atomic mass is 15.0. The Kier molecular flexibility index (Phi) is 7.26. The van der Waals surface area contributed by atoms with Gasteiger partial charge in [-0.2, -0.15) is 0 Å². The van der Waals surface area contributed by atoms with E-state index in [-0.39, 0.29) is 0 Å². The number of para-hydroxylation sites is 2. The Morgan fingerprint density at radius 2 is 0.638 bits per heavy atom. The fourth-order valence-corrected chi connectivity index (χ4v) is 9.33. The lowest BCUT2D eigenvalue weighted by Crippen LogP contribution is -1.94.